The molecule has 0 aromatic carbocycles. The second-order valence-corrected chi connectivity index (χ2v) is 5.03. The van der Waals surface area contributed by atoms with Crippen LogP contribution in [0.25, 0.3) is 0 Å². The van der Waals surface area contributed by atoms with Crippen LogP contribution >= 0.6 is 12.2 Å². The minimum Gasteiger partial charge on any atom is -0.363 e. The van der Waals surface area contributed by atoms with Gasteiger partial charge in [0.1, 0.15) is 0 Å². The maximum Gasteiger partial charge on any atom is 0.169 e. The molecule has 15 heavy (non-hydrogen) atoms. The van der Waals surface area contributed by atoms with E-state index in [1.54, 1.807) is 0 Å². The molecule has 88 valence electrons. The van der Waals surface area contributed by atoms with Gasteiger partial charge >= 0.3 is 0 Å². The highest BCUT2D eigenvalue weighted by molar-refractivity contribution is 7.80. The zero-order chi connectivity index (χ0) is 11.3. The predicted octanol–water partition coefficient (Wildman–Crippen LogP) is 2.78. The Labute approximate surface area is 99.4 Å². The Hall–Kier alpha value is -0.310. The van der Waals surface area contributed by atoms with Crippen molar-refractivity contribution in [1.82, 2.24) is 10.2 Å². The summed E-state index contributed by atoms with van der Waals surface area (Å²) in [7, 11) is 0. The van der Waals surface area contributed by atoms with Crippen molar-refractivity contribution in [3.05, 3.63) is 0 Å². The van der Waals surface area contributed by atoms with Gasteiger partial charge in [0.15, 0.2) is 5.11 Å². The second-order valence-electron chi connectivity index (χ2n) is 4.64. The lowest BCUT2D eigenvalue weighted by Gasteiger charge is -2.39. The molecule has 1 rings (SSSR count). The van der Waals surface area contributed by atoms with Gasteiger partial charge in [-0.05, 0) is 44.3 Å². The third kappa shape index (κ3) is 3.63. The average Bonchev–Trinajstić information content (AvgIpc) is 2.22. The molecular weight excluding hydrogens is 204 g/mol. The number of piperidine rings is 1. The molecule has 2 unspecified atom stereocenters. The zero-order valence-electron chi connectivity index (χ0n) is 10.3. The smallest absolute Gasteiger partial charge is 0.169 e. The van der Waals surface area contributed by atoms with Gasteiger partial charge in [-0.1, -0.05) is 20.3 Å². The molecule has 2 atom stereocenters. The Kier molecular flexibility index (Phi) is 5.37. The van der Waals surface area contributed by atoms with Crippen LogP contribution in [0.4, 0.5) is 0 Å². The molecule has 1 aliphatic heterocycles. The summed E-state index contributed by atoms with van der Waals surface area (Å²) in [5, 5.41) is 4.32. The van der Waals surface area contributed by atoms with Crippen LogP contribution in [0.5, 0.6) is 0 Å². The van der Waals surface area contributed by atoms with Crippen molar-refractivity contribution in [1.29, 1.82) is 0 Å². The van der Waals surface area contributed by atoms with Crippen LogP contribution in [-0.4, -0.2) is 29.1 Å². The van der Waals surface area contributed by atoms with E-state index in [1.807, 2.05) is 0 Å². The number of hydrogen-bond donors (Lipinski definition) is 1. The third-order valence-corrected chi connectivity index (χ3v) is 3.82. The molecule has 0 spiro atoms. The van der Waals surface area contributed by atoms with E-state index in [4.69, 9.17) is 12.2 Å². The van der Waals surface area contributed by atoms with Gasteiger partial charge in [0.05, 0.1) is 0 Å². The topological polar surface area (TPSA) is 15.3 Å². The van der Waals surface area contributed by atoms with Gasteiger partial charge in [0.25, 0.3) is 0 Å². The molecule has 0 amide bonds. The van der Waals surface area contributed by atoms with Crippen LogP contribution in [0.1, 0.15) is 46.5 Å². The minimum atomic E-state index is 0.598. The van der Waals surface area contributed by atoms with Crippen LogP contribution in [0, 0.1) is 5.92 Å². The van der Waals surface area contributed by atoms with Crippen LogP contribution in [0.15, 0.2) is 0 Å². The molecule has 1 heterocycles. The number of hydrogen-bond acceptors (Lipinski definition) is 1. The fraction of sp³-hybridized carbons (Fsp3) is 0.917. The summed E-state index contributed by atoms with van der Waals surface area (Å²) in [5.74, 6) is 0.768. The number of nitrogens with zero attached hydrogens (tertiary/aromatic N) is 1. The monoisotopic (exact) mass is 228 g/mol. The minimum absolute atomic E-state index is 0.598. The molecule has 1 fully saturated rings. The summed E-state index contributed by atoms with van der Waals surface area (Å²) < 4.78 is 0. The summed E-state index contributed by atoms with van der Waals surface area (Å²) in [6.45, 7) is 8.97. The number of rotatable bonds is 3. The van der Waals surface area contributed by atoms with Crippen LogP contribution in [-0.2, 0) is 0 Å². The largest absolute Gasteiger partial charge is 0.363 e. The molecule has 0 bridgehead atoms. The van der Waals surface area contributed by atoms with Crippen molar-refractivity contribution >= 4 is 17.3 Å². The van der Waals surface area contributed by atoms with Crippen molar-refractivity contribution in [3.63, 3.8) is 0 Å². The van der Waals surface area contributed by atoms with Gasteiger partial charge in [-0.3, -0.25) is 0 Å². The first-order valence-corrected chi connectivity index (χ1v) is 6.62. The second kappa shape index (κ2) is 6.31. The van der Waals surface area contributed by atoms with Crippen molar-refractivity contribution in [2.24, 2.45) is 5.92 Å². The van der Waals surface area contributed by atoms with E-state index >= 15 is 0 Å². The Bertz CT molecular complexity index is 206. The van der Waals surface area contributed by atoms with Gasteiger partial charge in [-0.2, -0.15) is 0 Å². The molecule has 0 saturated carbocycles. The average molecular weight is 228 g/mol. The number of likely N-dealkylation sites (tertiary alicyclic amines) is 1. The molecular formula is C12H24N2S. The number of nitrogens with one attached hydrogen (secondary N) is 1. The standard InChI is InChI=1S/C12H24N2S/c1-4-5-8-13-12(15)14-9-6-7-10(2)11(14)3/h10-11H,4-9H2,1-3H3,(H,13,15). The number of thiocarbonyl (C=S) groups is 1. The molecule has 1 saturated heterocycles. The quantitative estimate of drug-likeness (QED) is 0.591. The Balaban J connectivity index is 2.37. The van der Waals surface area contributed by atoms with Gasteiger partial charge in [0, 0.05) is 19.1 Å². The highest BCUT2D eigenvalue weighted by Crippen LogP contribution is 2.22. The molecule has 1 aliphatic rings. The van der Waals surface area contributed by atoms with Gasteiger partial charge in [-0.15, -0.1) is 0 Å². The fourth-order valence-corrected chi connectivity index (χ4v) is 2.46. The van der Waals surface area contributed by atoms with E-state index in [9.17, 15) is 0 Å². The summed E-state index contributed by atoms with van der Waals surface area (Å²) in [6.07, 6.45) is 5.05. The zero-order valence-corrected chi connectivity index (χ0v) is 11.1. The van der Waals surface area contributed by atoms with Gasteiger partial charge in [0.2, 0.25) is 0 Å². The van der Waals surface area contributed by atoms with Crippen LogP contribution < -0.4 is 5.32 Å². The Morgan fingerprint density at radius 3 is 2.87 bits per heavy atom. The lowest BCUT2D eigenvalue weighted by molar-refractivity contribution is 0.189. The van der Waals surface area contributed by atoms with Crippen molar-refractivity contribution in [2.75, 3.05) is 13.1 Å². The molecule has 0 aromatic rings. The van der Waals surface area contributed by atoms with Crippen molar-refractivity contribution < 1.29 is 0 Å². The van der Waals surface area contributed by atoms with Crippen LogP contribution in [0.3, 0.4) is 0 Å². The third-order valence-electron chi connectivity index (χ3n) is 3.44. The highest BCUT2D eigenvalue weighted by Gasteiger charge is 2.25. The molecule has 3 heteroatoms. The van der Waals surface area contributed by atoms with E-state index in [2.05, 4.69) is 31.0 Å². The first kappa shape index (κ1) is 12.8. The van der Waals surface area contributed by atoms with E-state index in [-0.39, 0.29) is 0 Å². The molecule has 0 aliphatic carbocycles. The van der Waals surface area contributed by atoms with Crippen molar-refractivity contribution in [2.45, 2.75) is 52.5 Å². The van der Waals surface area contributed by atoms with E-state index in [1.165, 1.54) is 25.7 Å². The molecule has 0 radical (unpaired) electrons. The molecule has 2 nitrogen and oxygen atoms in total. The maximum absolute atomic E-state index is 5.43. The molecule has 0 aromatic heterocycles. The summed E-state index contributed by atoms with van der Waals surface area (Å²) >= 11 is 5.43. The maximum atomic E-state index is 5.43. The van der Waals surface area contributed by atoms with E-state index in [0.717, 1.165) is 24.1 Å². The van der Waals surface area contributed by atoms with E-state index in [0.29, 0.717) is 6.04 Å². The molecule has 1 N–H and O–H groups in total. The SMILES string of the molecule is CCCCNC(=S)N1CCCC(C)C1C. The lowest BCUT2D eigenvalue weighted by atomic mass is 9.92. The summed E-state index contributed by atoms with van der Waals surface area (Å²) in [5.41, 5.74) is 0. The fourth-order valence-electron chi connectivity index (χ4n) is 2.10. The summed E-state index contributed by atoms with van der Waals surface area (Å²) in [6, 6.07) is 0.598. The predicted molar refractivity (Wildman–Crippen MR) is 70.1 cm³/mol. The first-order chi connectivity index (χ1) is 7.16. The Morgan fingerprint density at radius 2 is 2.20 bits per heavy atom. The van der Waals surface area contributed by atoms with Gasteiger partial charge in [-0.25, -0.2) is 0 Å². The lowest BCUT2D eigenvalue weighted by Crippen LogP contribution is -2.50. The van der Waals surface area contributed by atoms with Gasteiger partial charge < -0.3 is 10.2 Å². The van der Waals surface area contributed by atoms with Crippen LogP contribution in [0.2, 0.25) is 0 Å². The van der Waals surface area contributed by atoms with Crippen molar-refractivity contribution in [3.8, 4) is 0 Å². The normalized spacial score (nSPS) is 26.5. The number of unbranched alkanes of at least 4 members (excludes halogenated alkanes) is 1. The summed E-state index contributed by atoms with van der Waals surface area (Å²) in [4.78, 5) is 2.36. The van der Waals surface area contributed by atoms with E-state index < -0.39 is 0 Å². The first-order valence-electron chi connectivity index (χ1n) is 6.21. The Morgan fingerprint density at radius 1 is 1.47 bits per heavy atom. The highest BCUT2D eigenvalue weighted by atomic mass is 32.1.